The van der Waals surface area contributed by atoms with Gasteiger partial charge in [0, 0.05) is 13.1 Å². The molecule has 0 bridgehead atoms. The molecule has 0 radical (unpaired) electrons. The zero-order valence-corrected chi connectivity index (χ0v) is 9.40. The Bertz CT molecular complexity index is 324. The maximum atomic E-state index is 8.64. The van der Waals surface area contributed by atoms with Crippen molar-refractivity contribution in [3.8, 4) is 6.07 Å². The van der Waals surface area contributed by atoms with Crippen molar-refractivity contribution < 1.29 is 0 Å². The number of nitrogens with zero attached hydrogens (tertiary/aromatic N) is 3. The second-order valence-electron chi connectivity index (χ2n) is 3.45. The molecule has 3 nitrogen and oxygen atoms in total. The lowest BCUT2D eigenvalue weighted by Gasteiger charge is -2.22. The molecule has 0 atom stereocenters. The number of pyridine rings is 1. The first-order valence-electron chi connectivity index (χ1n) is 5.43. The Morgan fingerprint density at radius 2 is 2.20 bits per heavy atom. The number of hydrogen-bond donors (Lipinski definition) is 0. The summed E-state index contributed by atoms with van der Waals surface area (Å²) in [5.41, 5.74) is 1.58. The van der Waals surface area contributed by atoms with Gasteiger partial charge in [-0.2, -0.15) is 5.26 Å². The third kappa shape index (κ3) is 3.25. The molecular weight excluding hydrogens is 186 g/mol. The van der Waals surface area contributed by atoms with Crippen molar-refractivity contribution in [3.05, 3.63) is 24.0 Å². The predicted molar refractivity (Wildman–Crippen MR) is 61.7 cm³/mol. The molecule has 0 unspecified atom stereocenters. The van der Waals surface area contributed by atoms with Gasteiger partial charge in [0.15, 0.2) is 0 Å². The van der Waals surface area contributed by atoms with Gasteiger partial charge in [0.25, 0.3) is 0 Å². The fourth-order valence-corrected chi connectivity index (χ4v) is 1.46. The SMILES string of the molecule is CCCCN(CC)c1ccc(C#N)nc1. The molecule has 1 aromatic rings. The van der Waals surface area contributed by atoms with Crippen LogP contribution in [0.5, 0.6) is 0 Å². The largest absolute Gasteiger partial charge is 0.371 e. The Morgan fingerprint density at radius 1 is 1.40 bits per heavy atom. The number of unbranched alkanes of at least 4 members (excludes halogenated alkanes) is 1. The molecule has 3 heteroatoms. The molecule has 0 aliphatic rings. The van der Waals surface area contributed by atoms with Crippen molar-refractivity contribution in [2.24, 2.45) is 0 Å². The number of nitriles is 1. The van der Waals surface area contributed by atoms with Crippen molar-refractivity contribution >= 4 is 5.69 Å². The average molecular weight is 203 g/mol. The highest BCUT2D eigenvalue weighted by Crippen LogP contribution is 2.13. The van der Waals surface area contributed by atoms with E-state index in [2.05, 4.69) is 23.7 Å². The van der Waals surface area contributed by atoms with Crippen molar-refractivity contribution in [1.29, 1.82) is 5.26 Å². The molecule has 0 amide bonds. The van der Waals surface area contributed by atoms with Gasteiger partial charge >= 0.3 is 0 Å². The molecule has 1 heterocycles. The second kappa shape index (κ2) is 6.02. The van der Waals surface area contributed by atoms with Gasteiger partial charge in [-0.3, -0.25) is 0 Å². The quantitative estimate of drug-likeness (QED) is 0.738. The maximum absolute atomic E-state index is 8.64. The first-order valence-corrected chi connectivity index (χ1v) is 5.43. The molecule has 0 fully saturated rings. The molecule has 0 aliphatic carbocycles. The third-order valence-electron chi connectivity index (χ3n) is 2.39. The van der Waals surface area contributed by atoms with Crippen molar-refractivity contribution in [2.75, 3.05) is 18.0 Å². The summed E-state index contributed by atoms with van der Waals surface area (Å²) in [7, 11) is 0. The molecule has 1 aromatic heterocycles. The van der Waals surface area contributed by atoms with E-state index in [9.17, 15) is 0 Å². The summed E-state index contributed by atoms with van der Waals surface area (Å²) in [5.74, 6) is 0. The minimum atomic E-state index is 0.477. The van der Waals surface area contributed by atoms with Gasteiger partial charge in [-0.05, 0) is 25.5 Å². The predicted octanol–water partition coefficient (Wildman–Crippen LogP) is 2.58. The van der Waals surface area contributed by atoms with Gasteiger partial charge < -0.3 is 4.90 Å². The highest BCUT2D eigenvalue weighted by Gasteiger charge is 2.03. The summed E-state index contributed by atoms with van der Waals surface area (Å²) >= 11 is 0. The van der Waals surface area contributed by atoms with Gasteiger partial charge in [0.1, 0.15) is 11.8 Å². The van der Waals surface area contributed by atoms with Crippen LogP contribution in [0.2, 0.25) is 0 Å². The smallest absolute Gasteiger partial charge is 0.140 e. The molecule has 0 aromatic carbocycles. The van der Waals surface area contributed by atoms with Crippen molar-refractivity contribution in [2.45, 2.75) is 26.7 Å². The number of aromatic nitrogens is 1. The van der Waals surface area contributed by atoms with E-state index in [1.165, 1.54) is 12.8 Å². The highest BCUT2D eigenvalue weighted by atomic mass is 15.1. The maximum Gasteiger partial charge on any atom is 0.140 e. The summed E-state index contributed by atoms with van der Waals surface area (Å²) in [5, 5.41) is 8.64. The summed E-state index contributed by atoms with van der Waals surface area (Å²) in [4.78, 5) is 6.35. The molecule has 80 valence electrons. The minimum absolute atomic E-state index is 0.477. The number of rotatable bonds is 5. The highest BCUT2D eigenvalue weighted by molar-refractivity contribution is 5.45. The van der Waals surface area contributed by atoms with Crippen molar-refractivity contribution in [3.63, 3.8) is 0 Å². The van der Waals surface area contributed by atoms with E-state index in [-0.39, 0.29) is 0 Å². The Morgan fingerprint density at radius 3 is 2.67 bits per heavy atom. The average Bonchev–Trinajstić information content (AvgIpc) is 2.31. The van der Waals surface area contributed by atoms with Gasteiger partial charge in [0.2, 0.25) is 0 Å². The summed E-state index contributed by atoms with van der Waals surface area (Å²) in [6, 6.07) is 5.76. The zero-order valence-electron chi connectivity index (χ0n) is 9.40. The molecule has 0 saturated heterocycles. The van der Waals surface area contributed by atoms with Crippen LogP contribution in [-0.4, -0.2) is 18.1 Å². The Labute approximate surface area is 91.4 Å². The van der Waals surface area contributed by atoms with E-state index < -0.39 is 0 Å². The zero-order chi connectivity index (χ0) is 11.1. The Hall–Kier alpha value is -1.56. The lowest BCUT2D eigenvalue weighted by atomic mass is 10.2. The third-order valence-corrected chi connectivity index (χ3v) is 2.39. The second-order valence-corrected chi connectivity index (χ2v) is 3.45. The van der Waals surface area contributed by atoms with Crippen LogP contribution in [0.25, 0.3) is 0 Å². The number of anilines is 1. The van der Waals surface area contributed by atoms with Crippen LogP contribution in [0, 0.1) is 11.3 Å². The van der Waals surface area contributed by atoms with Crippen LogP contribution >= 0.6 is 0 Å². The standard InChI is InChI=1S/C12H17N3/c1-3-5-8-15(4-2)12-7-6-11(9-13)14-10-12/h6-7,10H,3-5,8H2,1-2H3. The molecule has 0 saturated carbocycles. The van der Waals surface area contributed by atoms with Crippen LogP contribution in [0.3, 0.4) is 0 Å². The topological polar surface area (TPSA) is 39.9 Å². The molecule has 0 N–H and O–H groups in total. The molecule has 15 heavy (non-hydrogen) atoms. The normalized spacial score (nSPS) is 9.67. The summed E-state index contributed by atoms with van der Waals surface area (Å²) in [6.07, 6.45) is 4.16. The minimum Gasteiger partial charge on any atom is -0.371 e. The van der Waals surface area contributed by atoms with Crippen molar-refractivity contribution in [1.82, 2.24) is 4.98 Å². The Balaban J connectivity index is 2.70. The first kappa shape index (κ1) is 11.5. The van der Waals surface area contributed by atoms with E-state index >= 15 is 0 Å². The molecule has 0 spiro atoms. The molecule has 1 rings (SSSR count). The van der Waals surface area contributed by atoms with Crippen LogP contribution in [-0.2, 0) is 0 Å². The lowest BCUT2D eigenvalue weighted by molar-refractivity contribution is 0.731. The first-order chi connectivity index (χ1) is 7.31. The fraction of sp³-hybridized carbons (Fsp3) is 0.500. The van der Waals surface area contributed by atoms with E-state index in [0.717, 1.165) is 18.8 Å². The van der Waals surface area contributed by atoms with Gasteiger partial charge in [0.05, 0.1) is 11.9 Å². The fourth-order valence-electron chi connectivity index (χ4n) is 1.46. The van der Waals surface area contributed by atoms with E-state index in [0.29, 0.717) is 5.69 Å². The summed E-state index contributed by atoms with van der Waals surface area (Å²) < 4.78 is 0. The number of hydrogen-bond acceptors (Lipinski definition) is 3. The van der Waals surface area contributed by atoms with E-state index in [4.69, 9.17) is 5.26 Å². The van der Waals surface area contributed by atoms with E-state index in [1.807, 2.05) is 12.1 Å². The van der Waals surface area contributed by atoms with Crippen LogP contribution in [0.15, 0.2) is 18.3 Å². The van der Waals surface area contributed by atoms with E-state index in [1.54, 1.807) is 12.3 Å². The summed E-state index contributed by atoms with van der Waals surface area (Å²) in [6.45, 7) is 6.35. The van der Waals surface area contributed by atoms with Crippen LogP contribution in [0.4, 0.5) is 5.69 Å². The van der Waals surface area contributed by atoms with Gasteiger partial charge in [-0.1, -0.05) is 13.3 Å². The van der Waals surface area contributed by atoms with Gasteiger partial charge in [-0.25, -0.2) is 4.98 Å². The monoisotopic (exact) mass is 203 g/mol. The Kier molecular flexibility index (Phi) is 4.62. The lowest BCUT2D eigenvalue weighted by Crippen LogP contribution is -2.23. The van der Waals surface area contributed by atoms with Crippen LogP contribution < -0.4 is 4.90 Å². The van der Waals surface area contributed by atoms with Crippen LogP contribution in [0.1, 0.15) is 32.4 Å². The van der Waals surface area contributed by atoms with Gasteiger partial charge in [-0.15, -0.1) is 0 Å². The molecular formula is C12H17N3. The molecule has 0 aliphatic heterocycles.